The Morgan fingerprint density at radius 2 is 2.00 bits per heavy atom. The van der Waals surface area contributed by atoms with Crippen LogP contribution in [0.4, 0.5) is 15.8 Å². The molecule has 0 heterocycles. The van der Waals surface area contributed by atoms with Crippen LogP contribution in [0, 0.1) is 5.82 Å². The Kier molecular flexibility index (Phi) is 3.12. The van der Waals surface area contributed by atoms with Gasteiger partial charge in [0, 0.05) is 17.7 Å². The van der Waals surface area contributed by atoms with E-state index in [9.17, 15) is 14.0 Å². The van der Waals surface area contributed by atoms with E-state index in [4.69, 9.17) is 5.73 Å². The number of anilines is 2. The number of nitrogens with one attached hydrogen (secondary N) is 1. The number of nitrogens with two attached hydrogens (primary N) is 1. The number of halogens is 1. The molecule has 18 heavy (non-hydrogen) atoms. The van der Waals surface area contributed by atoms with Gasteiger partial charge in [0.1, 0.15) is 17.2 Å². The Labute approximate surface area is 102 Å². The summed E-state index contributed by atoms with van der Waals surface area (Å²) in [5, 5.41) is 2.68. The predicted molar refractivity (Wildman–Crippen MR) is 66.1 cm³/mol. The van der Waals surface area contributed by atoms with E-state index in [-0.39, 0.29) is 23.7 Å². The van der Waals surface area contributed by atoms with Gasteiger partial charge in [0.2, 0.25) is 0 Å². The lowest BCUT2D eigenvalue weighted by Gasteiger charge is -2.11. The highest BCUT2D eigenvalue weighted by Crippen LogP contribution is 2.14. The number of hydrogen-bond acceptors (Lipinski definition) is 4. The molecule has 5 nitrogen and oxygen atoms in total. The van der Waals surface area contributed by atoms with Crippen molar-refractivity contribution in [2.24, 2.45) is 0 Å². The highest BCUT2D eigenvalue weighted by Gasteiger charge is 2.17. The summed E-state index contributed by atoms with van der Waals surface area (Å²) in [6.07, 6.45) is 0. The molecule has 0 spiro atoms. The van der Waals surface area contributed by atoms with Crippen LogP contribution in [-0.2, 0) is 13.1 Å². The molecule has 0 fully saturated rings. The minimum absolute atomic E-state index is 0.0689. The average Bonchev–Trinajstić information content (AvgIpc) is 2.40. The van der Waals surface area contributed by atoms with Gasteiger partial charge in [0.15, 0.2) is 0 Å². The monoisotopic (exact) mass is 250 g/mol. The minimum atomic E-state index is -0.690. The summed E-state index contributed by atoms with van der Waals surface area (Å²) >= 11 is 0. The van der Waals surface area contributed by atoms with Crippen LogP contribution < -0.4 is 27.6 Å². The maximum absolute atomic E-state index is 13.5. The fourth-order valence-corrected chi connectivity index (χ4v) is 1.69. The normalized spacial score (nSPS) is 10.8. The van der Waals surface area contributed by atoms with Crippen molar-refractivity contribution < 1.29 is 10.1 Å². The molecule has 6 N–H and O–H groups in total. The van der Waals surface area contributed by atoms with Crippen LogP contribution in [0.3, 0.4) is 0 Å². The molecule has 0 aromatic heterocycles. The maximum Gasteiger partial charge on any atom is 0.253 e. The molecule has 0 unspecified atom stereocenters. The highest BCUT2D eigenvalue weighted by molar-refractivity contribution is 5.71. The van der Waals surface area contributed by atoms with Crippen LogP contribution in [0.15, 0.2) is 27.8 Å². The molecule has 0 bridgehead atoms. The number of benzene rings is 1. The second-order valence-corrected chi connectivity index (χ2v) is 3.98. The van der Waals surface area contributed by atoms with E-state index in [1.165, 1.54) is 6.07 Å². The summed E-state index contributed by atoms with van der Waals surface area (Å²) in [6.45, 7) is 0.657. The first-order chi connectivity index (χ1) is 8.54. The van der Waals surface area contributed by atoms with E-state index < -0.39 is 10.9 Å². The van der Waals surface area contributed by atoms with Crippen molar-refractivity contribution in [1.29, 1.82) is 0 Å². The molecule has 0 saturated heterocycles. The van der Waals surface area contributed by atoms with Crippen molar-refractivity contribution in [2.75, 3.05) is 11.1 Å². The van der Waals surface area contributed by atoms with E-state index in [2.05, 4.69) is 11.1 Å². The lowest BCUT2D eigenvalue weighted by molar-refractivity contribution is -0.386. The smallest absolute Gasteiger partial charge is 0.253 e. The molecule has 0 aliphatic heterocycles. The number of hydrogen-bond donors (Lipinski definition) is 3. The molecule has 6 heteroatoms. The van der Waals surface area contributed by atoms with E-state index in [1.54, 1.807) is 12.1 Å². The first-order valence-corrected chi connectivity index (χ1v) is 5.43. The van der Waals surface area contributed by atoms with Gasteiger partial charge in [0.25, 0.3) is 10.9 Å². The van der Waals surface area contributed by atoms with Crippen molar-refractivity contribution >= 4 is 11.4 Å². The fourth-order valence-electron chi connectivity index (χ4n) is 1.69. The van der Waals surface area contributed by atoms with Crippen LogP contribution in [-0.4, -0.2) is 0 Å². The Morgan fingerprint density at radius 1 is 1.28 bits per heavy atom. The van der Waals surface area contributed by atoms with Crippen LogP contribution in [0.5, 0.6) is 0 Å². The lowest BCUT2D eigenvalue weighted by atomic mass is 10.1. The first kappa shape index (κ1) is 12.3. The molecule has 0 atom stereocenters. The molecule has 2 rings (SSSR count). The maximum atomic E-state index is 13.5. The quantitative estimate of drug-likeness (QED) is 0.628. The van der Waals surface area contributed by atoms with Gasteiger partial charge in [-0.2, -0.15) is 0 Å². The number of rotatable bonds is 4. The Morgan fingerprint density at radius 3 is 2.61 bits per heavy atom. The molecule has 0 radical (unpaired) electrons. The summed E-state index contributed by atoms with van der Waals surface area (Å²) in [5.74, 6) is -0.378. The summed E-state index contributed by atoms with van der Waals surface area (Å²) in [7, 11) is 0. The van der Waals surface area contributed by atoms with Gasteiger partial charge in [-0.15, -0.1) is 0 Å². The van der Waals surface area contributed by atoms with Gasteiger partial charge in [-0.25, -0.2) is 4.39 Å². The van der Waals surface area contributed by atoms with Crippen molar-refractivity contribution in [2.45, 2.75) is 13.1 Å². The molecule has 0 aliphatic rings. The number of quaternary nitrogens is 1. The summed E-state index contributed by atoms with van der Waals surface area (Å²) < 4.78 is 13.5. The summed E-state index contributed by atoms with van der Waals surface area (Å²) in [4.78, 5) is 22.0. The topological polar surface area (TPSA) is 99.8 Å². The summed E-state index contributed by atoms with van der Waals surface area (Å²) in [5.41, 5.74) is 9.01. The highest BCUT2D eigenvalue weighted by atomic mass is 19.1. The molecule has 0 amide bonds. The molecular weight excluding hydrogens is 237 g/mol. The van der Waals surface area contributed by atoms with Crippen LogP contribution >= 0.6 is 0 Å². The molecule has 0 saturated carbocycles. The van der Waals surface area contributed by atoms with Crippen molar-refractivity contribution in [3.63, 3.8) is 0 Å². The molecular formula is C12H13FN3O2+. The minimum Gasteiger partial charge on any atom is -0.394 e. The number of nitrogen functional groups attached to an aromatic ring is 1. The zero-order chi connectivity index (χ0) is 13.3. The van der Waals surface area contributed by atoms with Gasteiger partial charge >= 0.3 is 0 Å². The Hall–Kier alpha value is -2.21. The van der Waals surface area contributed by atoms with E-state index in [0.717, 1.165) is 5.56 Å². The lowest BCUT2D eigenvalue weighted by Crippen LogP contribution is -2.47. The van der Waals surface area contributed by atoms with Crippen LogP contribution in [0.2, 0.25) is 0 Å². The zero-order valence-corrected chi connectivity index (χ0v) is 9.63. The second-order valence-electron chi connectivity index (χ2n) is 3.98. The van der Waals surface area contributed by atoms with Gasteiger partial charge in [-0.3, -0.25) is 9.59 Å². The predicted octanol–water partition coefficient (Wildman–Crippen LogP) is -0.642. The van der Waals surface area contributed by atoms with Gasteiger partial charge in [-0.05, 0) is 12.1 Å². The van der Waals surface area contributed by atoms with Gasteiger partial charge < -0.3 is 16.8 Å². The van der Waals surface area contributed by atoms with Crippen LogP contribution in [0.25, 0.3) is 0 Å². The SMILES string of the molecule is Nc1c(NCc2cc(C[NH3+])ccc2F)c(=O)c1=O. The molecule has 2 aromatic rings. The molecule has 2 aromatic carbocycles. The third-order valence-corrected chi connectivity index (χ3v) is 2.80. The van der Waals surface area contributed by atoms with E-state index in [1.807, 2.05) is 0 Å². The fraction of sp³-hybridized carbons (Fsp3) is 0.167. The summed E-state index contributed by atoms with van der Waals surface area (Å²) in [6, 6.07) is 4.66. The standard InChI is InChI=1S/C12H12FN3O2/c13-8-2-1-6(4-14)3-7(8)5-16-10-9(15)11(17)12(10)18/h1-3,16H,4-5,14-15H2/p+1. The van der Waals surface area contributed by atoms with Crippen molar-refractivity contribution in [3.05, 3.63) is 55.6 Å². The Bertz CT molecular complexity index is 660. The van der Waals surface area contributed by atoms with E-state index in [0.29, 0.717) is 12.1 Å². The third-order valence-electron chi connectivity index (χ3n) is 2.80. The van der Waals surface area contributed by atoms with E-state index >= 15 is 0 Å². The second kappa shape index (κ2) is 4.58. The molecule has 94 valence electrons. The Balaban J connectivity index is 2.16. The molecule has 0 aliphatic carbocycles. The van der Waals surface area contributed by atoms with Crippen molar-refractivity contribution in [3.8, 4) is 0 Å². The van der Waals surface area contributed by atoms with Gasteiger partial charge in [0.05, 0.1) is 6.54 Å². The van der Waals surface area contributed by atoms with Crippen molar-refractivity contribution in [1.82, 2.24) is 0 Å². The third kappa shape index (κ3) is 1.98. The zero-order valence-electron chi connectivity index (χ0n) is 9.63. The average molecular weight is 250 g/mol. The van der Waals surface area contributed by atoms with Crippen LogP contribution in [0.1, 0.15) is 11.1 Å². The first-order valence-electron chi connectivity index (χ1n) is 5.43. The largest absolute Gasteiger partial charge is 0.394 e. The van der Waals surface area contributed by atoms with Gasteiger partial charge in [-0.1, -0.05) is 6.07 Å².